The van der Waals surface area contributed by atoms with Crippen LogP contribution in [0.1, 0.15) is 13.3 Å². The quantitative estimate of drug-likeness (QED) is 0.638. The highest BCUT2D eigenvalue weighted by atomic mass is 19.1. The van der Waals surface area contributed by atoms with Crippen LogP contribution in [0.15, 0.2) is 18.2 Å². The van der Waals surface area contributed by atoms with Crippen molar-refractivity contribution in [2.45, 2.75) is 25.5 Å². The molecule has 1 aliphatic rings. The number of nitro benzene ring substituents is 1. The van der Waals surface area contributed by atoms with Crippen LogP contribution in [-0.2, 0) is 0 Å². The molecule has 0 spiro atoms. The number of carbonyl (C=O) groups excluding carboxylic acids is 1. The van der Waals surface area contributed by atoms with E-state index in [2.05, 4.69) is 5.32 Å². The number of likely N-dealkylation sites (tertiary alicyclic amines) is 1. The van der Waals surface area contributed by atoms with Crippen molar-refractivity contribution in [1.29, 1.82) is 0 Å². The van der Waals surface area contributed by atoms with Crippen molar-refractivity contribution in [1.82, 2.24) is 4.90 Å². The van der Waals surface area contributed by atoms with Crippen molar-refractivity contribution >= 4 is 17.4 Å². The van der Waals surface area contributed by atoms with E-state index in [1.54, 1.807) is 6.92 Å². The third-order valence-electron chi connectivity index (χ3n) is 3.16. The van der Waals surface area contributed by atoms with Crippen LogP contribution in [-0.4, -0.2) is 39.7 Å². The number of non-ortho nitro benzene ring substituents is 1. The van der Waals surface area contributed by atoms with Gasteiger partial charge in [0, 0.05) is 18.7 Å². The van der Waals surface area contributed by atoms with Crippen molar-refractivity contribution < 1.29 is 19.2 Å². The van der Waals surface area contributed by atoms with Crippen molar-refractivity contribution in [3.63, 3.8) is 0 Å². The zero-order valence-corrected chi connectivity index (χ0v) is 10.7. The van der Waals surface area contributed by atoms with Gasteiger partial charge in [-0.25, -0.2) is 9.18 Å². The number of nitro groups is 1. The van der Waals surface area contributed by atoms with Gasteiger partial charge in [-0.15, -0.1) is 0 Å². The summed E-state index contributed by atoms with van der Waals surface area (Å²) in [6.45, 7) is 1.97. The summed E-state index contributed by atoms with van der Waals surface area (Å²) >= 11 is 0. The van der Waals surface area contributed by atoms with Crippen LogP contribution >= 0.6 is 0 Å². The molecule has 8 heteroatoms. The van der Waals surface area contributed by atoms with Crippen LogP contribution < -0.4 is 5.32 Å². The van der Waals surface area contributed by atoms with E-state index in [1.165, 1.54) is 4.90 Å². The van der Waals surface area contributed by atoms with Gasteiger partial charge in [-0.3, -0.25) is 10.1 Å². The van der Waals surface area contributed by atoms with Gasteiger partial charge >= 0.3 is 6.03 Å². The summed E-state index contributed by atoms with van der Waals surface area (Å²) in [6.07, 6.45) is -0.117. The number of urea groups is 1. The molecule has 1 saturated heterocycles. The molecule has 1 aromatic rings. The summed E-state index contributed by atoms with van der Waals surface area (Å²) in [5.41, 5.74) is -0.426. The first kappa shape index (κ1) is 14.2. The lowest BCUT2D eigenvalue weighted by Crippen LogP contribution is -2.37. The molecule has 0 radical (unpaired) electrons. The predicted octanol–water partition coefficient (Wildman–Crippen LogP) is 1.72. The lowest BCUT2D eigenvalue weighted by Gasteiger charge is -2.21. The number of rotatable bonds is 2. The van der Waals surface area contributed by atoms with Gasteiger partial charge in [0.05, 0.1) is 22.8 Å². The molecular formula is C12H14FN3O4. The Hall–Kier alpha value is -2.22. The van der Waals surface area contributed by atoms with Gasteiger partial charge in [0.2, 0.25) is 0 Å². The molecule has 0 bridgehead atoms. The summed E-state index contributed by atoms with van der Waals surface area (Å²) in [4.78, 5) is 23.3. The molecule has 1 heterocycles. The molecule has 108 valence electrons. The van der Waals surface area contributed by atoms with E-state index in [0.29, 0.717) is 6.42 Å². The molecule has 1 aliphatic heterocycles. The highest BCUT2D eigenvalue weighted by Gasteiger charge is 2.31. The van der Waals surface area contributed by atoms with Crippen LogP contribution in [0.4, 0.5) is 20.6 Å². The summed E-state index contributed by atoms with van der Waals surface area (Å²) in [6, 6.07) is 2.19. The average molecular weight is 283 g/mol. The first-order chi connectivity index (χ1) is 9.36. The monoisotopic (exact) mass is 283 g/mol. The van der Waals surface area contributed by atoms with E-state index in [4.69, 9.17) is 0 Å². The number of anilines is 1. The van der Waals surface area contributed by atoms with Gasteiger partial charge in [-0.1, -0.05) is 0 Å². The number of halogens is 1. The molecule has 0 aromatic heterocycles. The molecule has 2 atom stereocenters. The van der Waals surface area contributed by atoms with Crippen LogP contribution in [0, 0.1) is 15.9 Å². The summed E-state index contributed by atoms with van der Waals surface area (Å²) in [5, 5.41) is 22.5. The topological polar surface area (TPSA) is 95.7 Å². The Bertz CT molecular complexity index is 552. The van der Waals surface area contributed by atoms with Crippen molar-refractivity contribution in [3.05, 3.63) is 34.1 Å². The minimum atomic E-state index is -0.802. The summed E-state index contributed by atoms with van der Waals surface area (Å²) in [7, 11) is 0. The minimum Gasteiger partial charge on any atom is -0.391 e. The zero-order valence-electron chi connectivity index (χ0n) is 10.7. The standard InChI is InChI=1S/C12H14FN3O4/c1-7-2-11(17)6-15(7)12(18)14-9-3-8(13)4-10(5-9)16(19)20/h3-5,7,11,17H,2,6H2,1H3,(H,14,18). The predicted molar refractivity (Wildman–Crippen MR) is 68.9 cm³/mol. The van der Waals surface area contributed by atoms with E-state index in [0.717, 1.165) is 18.2 Å². The van der Waals surface area contributed by atoms with Crippen molar-refractivity contribution in [2.75, 3.05) is 11.9 Å². The SMILES string of the molecule is CC1CC(O)CN1C(=O)Nc1cc(F)cc([N+](=O)[O-])c1. The Labute approximate surface area is 114 Å². The Balaban J connectivity index is 2.14. The molecule has 7 nitrogen and oxygen atoms in total. The summed E-state index contributed by atoms with van der Waals surface area (Å²) < 4.78 is 13.2. The van der Waals surface area contributed by atoms with Gasteiger partial charge in [0.1, 0.15) is 5.82 Å². The molecular weight excluding hydrogens is 269 g/mol. The normalized spacial score (nSPS) is 21.9. The second-order valence-electron chi connectivity index (χ2n) is 4.78. The van der Waals surface area contributed by atoms with Crippen LogP contribution in [0.2, 0.25) is 0 Å². The molecule has 0 saturated carbocycles. The number of hydrogen-bond acceptors (Lipinski definition) is 4. The maximum Gasteiger partial charge on any atom is 0.322 e. The Morgan fingerprint density at radius 1 is 1.55 bits per heavy atom. The molecule has 20 heavy (non-hydrogen) atoms. The molecule has 1 fully saturated rings. The van der Waals surface area contributed by atoms with Crippen molar-refractivity contribution in [3.8, 4) is 0 Å². The third kappa shape index (κ3) is 3.02. The Morgan fingerprint density at radius 2 is 2.25 bits per heavy atom. The second-order valence-corrected chi connectivity index (χ2v) is 4.78. The van der Waals surface area contributed by atoms with E-state index >= 15 is 0 Å². The van der Waals surface area contributed by atoms with Gasteiger partial charge in [-0.2, -0.15) is 0 Å². The average Bonchev–Trinajstić information content (AvgIpc) is 2.67. The zero-order chi connectivity index (χ0) is 14.9. The highest BCUT2D eigenvalue weighted by molar-refractivity contribution is 5.90. The number of β-amino-alcohol motifs (C(OH)–C–C–N with tert-alkyl or cyclic N) is 1. The largest absolute Gasteiger partial charge is 0.391 e. The first-order valence-electron chi connectivity index (χ1n) is 6.07. The number of hydrogen-bond donors (Lipinski definition) is 2. The fraction of sp³-hybridized carbons (Fsp3) is 0.417. The molecule has 2 N–H and O–H groups in total. The van der Waals surface area contributed by atoms with E-state index < -0.39 is 28.6 Å². The Morgan fingerprint density at radius 3 is 2.80 bits per heavy atom. The number of aliphatic hydroxyl groups is 1. The lowest BCUT2D eigenvalue weighted by atomic mass is 10.2. The molecule has 2 unspecified atom stereocenters. The number of nitrogens with one attached hydrogen (secondary N) is 1. The molecule has 1 aromatic carbocycles. The maximum absolute atomic E-state index is 13.2. The molecule has 0 aliphatic carbocycles. The smallest absolute Gasteiger partial charge is 0.322 e. The fourth-order valence-corrected chi connectivity index (χ4v) is 2.23. The van der Waals surface area contributed by atoms with Gasteiger partial charge in [-0.05, 0) is 19.4 Å². The van der Waals surface area contributed by atoms with Gasteiger partial charge in [0.15, 0.2) is 0 Å². The van der Waals surface area contributed by atoms with Gasteiger partial charge < -0.3 is 15.3 Å². The number of amides is 2. The van der Waals surface area contributed by atoms with E-state index in [9.17, 15) is 24.4 Å². The highest BCUT2D eigenvalue weighted by Crippen LogP contribution is 2.22. The van der Waals surface area contributed by atoms with Crippen LogP contribution in [0.25, 0.3) is 0 Å². The molecule has 2 rings (SSSR count). The minimum absolute atomic E-state index is 0.00953. The number of aliphatic hydroxyl groups excluding tert-OH is 1. The molecule has 2 amide bonds. The van der Waals surface area contributed by atoms with Gasteiger partial charge in [0.25, 0.3) is 5.69 Å². The van der Waals surface area contributed by atoms with Crippen LogP contribution in [0.3, 0.4) is 0 Å². The summed E-state index contributed by atoms with van der Waals surface area (Å²) in [5.74, 6) is -0.802. The number of benzene rings is 1. The van der Waals surface area contributed by atoms with E-state index in [1.807, 2.05) is 0 Å². The third-order valence-corrected chi connectivity index (χ3v) is 3.16. The number of nitrogens with zero attached hydrogens (tertiary/aromatic N) is 2. The van der Waals surface area contributed by atoms with Crippen LogP contribution in [0.5, 0.6) is 0 Å². The fourth-order valence-electron chi connectivity index (χ4n) is 2.23. The second kappa shape index (κ2) is 5.41. The Kier molecular flexibility index (Phi) is 3.84. The van der Waals surface area contributed by atoms with Crippen molar-refractivity contribution in [2.24, 2.45) is 0 Å². The maximum atomic E-state index is 13.2. The van der Waals surface area contributed by atoms with E-state index in [-0.39, 0.29) is 18.3 Å². The number of carbonyl (C=O) groups is 1. The first-order valence-corrected chi connectivity index (χ1v) is 6.07. The lowest BCUT2D eigenvalue weighted by molar-refractivity contribution is -0.385.